The number of rotatable bonds is 14. The molecule has 0 saturated carbocycles. The molecular weight excluding hydrogens is 460 g/mol. The number of carbonyl (C=O) groups is 4. The van der Waals surface area contributed by atoms with Crippen molar-refractivity contribution in [1.29, 1.82) is 0 Å². The van der Waals surface area contributed by atoms with E-state index in [0.717, 1.165) is 5.56 Å². The fraction of sp³-hybridized carbons (Fsp3) is 0.565. The van der Waals surface area contributed by atoms with E-state index in [1.807, 2.05) is 20.1 Å². The molecule has 1 aromatic rings. The van der Waals surface area contributed by atoms with Crippen molar-refractivity contribution in [3.05, 3.63) is 29.8 Å². The summed E-state index contributed by atoms with van der Waals surface area (Å²) in [5.41, 5.74) is 6.79. The van der Waals surface area contributed by atoms with E-state index < -0.39 is 47.9 Å². The summed E-state index contributed by atoms with van der Waals surface area (Å²) in [5, 5.41) is 26.2. The second kappa shape index (κ2) is 14.5. The van der Waals surface area contributed by atoms with Crippen LogP contribution in [-0.4, -0.2) is 70.1 Å². The molecule has 0 aliphatic heterocycles. The fourth-order valence-corrected chi connectivity index (χ4v) is 3.58. The van der Waals surface area contributed by atoms with Crippen LogP contribution < -0.4 is 21.7 Å². The summed E-state index contributed by atoms with van der Waals surface area (Å²) in [6, 6.07) is 2.44. The number of phenols is 1. The Morgan fingerprint density at radius 3 is 2.03 bits per heavy atom. The van der Waals surface area contributed by atoms with E-state index in [4.69, 9.17) is 10.8 Å². The third-order valence-electron chi connectivity index (χ3n) is 5.04. The van der Waals surface area contributed by atoms with E-state index in [1.54, 1.807) is 12.1 Å². The van der Waals surface area contributed by atoms with Gasteiger partial charge in [-0.3, -0.25) is 19.2 Å². The highest BCUT2D eigenvalue weighted by atomic mass is 32.2. The van der Waals surface area contributed by atoms with E-state index >= 15 is 0 Å². The molecule has 0 bridgehead atoms. The van der Waals surface area contributed by atoms with Gasteiger partial charge >= 0.3 is 5.97 Å². The quantitative estimate of drug-likeness (QED) is 0.218. The molecule has 1 aromatic carbocycles. The van der Waals surface area contributed by atoms with Crippen molar-refractivity contribution in [3.63, 3.8) is 0 Å². The van der Waals surface area contributed by atoms with Gasteiger partial charge in [-0.1, -0.05) is 26.0 Å². The lowest BCUT2D eigenvalue weighted by atomic mass is 10.0. The van der Waals surface area contributed by atoms with E-state index in [1.165, 1.54) is 30.8 Å². The van der Waals surface area contributed by atoms with Crippen molar-refractivity contribution in [3.8, 4) is 5.75 Å². The fourth-order valence-electron chi connectivity index (χ4n) is 3.11. The number of nitrogens with two attached hydrogens (primary N) is 1. The second-order valence-corrected chi connectivity index (χ2v) is 9.56. The molecule has 11 heteroatoms. The Labute approximate surface area is 204 Å². The van der Waals surface area contributed by atoms with Crippen LogP contribution >= 0.6 is 11.8 Å². The van der Waals surface area contributed by atoms with Crippen LogP contribution in [0.5, 0.6) is 5.75 Å². The molecule has 10 nitrogen and oxygen atoms in total. The van der Waals surface area contributed by atoms with Crippen LogP contribution in [0.4, 0.5) is 0 Å². The Hall–Kier alpha value is -2.79. The average Bonchev–Trinajstić information content (AvgIpc) is 2.76. The Morgan fingerprint density at radius 1 is 0.941 bits per heavy atom. The molecule has 0 fully saturated rings. The van der Waals surface area contributed by atoms with Gasteiger partial charge in [0.25, 0.3) is 0 Å². The van der Waals surface area contributed by atoms with Crippen LogP contribution in [0.15, 0.2) is 24.3 Å². The van der Waals surface area contributed by atoms with Gasteiger partial charge in [-0.2, -0.15) is 11.8 Å². The summed E-state index contributed by atoms with van der Waals surface area (Å²) in [7, 11) is 0. The first-order valence-corrected chi connectivity index (χ1v) is 12.5. The van der Waals surface area contributed by atoms with Crippen LogP contribution in [0.1, 0.15) is 39.2 Å². The number of aromatic hydroxyl groups is 1. The number of thioether (sulfide) groups is 1. The summed E-state index contributed by atoms with van der Waals surface area (Å²) in [5.74, 6) is -2.10. The van der Waals surface area contributed by atoms with Crippen LogP contribution in [0, 0.1) is 5.92 Å². The molecule has 4 atom stereocenters. The molecule has 0 spiro atoms. The van der Waals surface area contributed by atoms with E-state index in [0.29, 0.717) is 18.6 Å². The van der Waals surface area contributed by atoms with Gasteiger partial charge in [0, 0.05) is 0 Å². The minimum atomic E-state index is -1.18. The van der Waals surface area contributed by atoms with Gasteiger partial charge in [0.2, 0.25) is 17.7 Å². The number of amides is 3. The topological polar surface area (TPSA) is 171 Å². The van der Waals surface area contributed by atoms with Gasteiger partial charge in [0.1, 0.15) is 23.9 Å². The summed E-state index contributed by atoms with van der Waals surface area (Å²) in [6.07, 6.45) is 2.70. The zero-order valence-corrected chi connectivity index (χ0v) is 20.9. The molecule has 1 rings (SSSR count). The van der Waals surface area contributed by atoms with Crippen molar-refractivity contribution in [2.45, 2.75) is 64.2 Å². The number of aliphatic carboxylic acids is 1. The molecule has 0 heterocycles. The second-order valence-electron chi connectivity index (χ2n) is 8.58. The number of nitrogens with one attached hydrogen (secondary N) is 3. The molecule has 7 N–H and O–H groups in total. The van der Waals surface area contributed by atoms with E-state index in [9.17, 15) is 24.3 Å². The molecule has 0 aromatic heterocycles. The Balaban J connectivity index is 2.88. The maximum atomic E-state index is 13.0. The first-order chi connectivity index (χ1) is 15.9. The van der Waals surface area contributed by atoms with Gasteiger partial charge in [0.15, 0.2) is 0 Å². The Bertz CT molecular complexity index is 833. The van der Waals surface area contributed by atoms with Gasteiger partial charge in [-0.15, -0.1) is 0 Å². The van der Waals surface area contributed by atoms with Crippen LogP contribution in [0.2, 0.25) is 0 Å². The highest BCUT2D eigenvalue weighted by Gasteiger charge is 2.29. The predicted molar refractivity (Wildman–Crippen MR) is 131 cm³/mol. The van der Waals surface area contributed by atoms with Gasteiger partial charge < -0.3 is 31.9 Å². The largest absolute Gasteiger partial charge is 0.508 e. The number of carboxylic acid groups (broad SMARTS) is 1. The minimum absolute atomic E-state index is 0.0647. The number of benzene rings is 1. The summed E-state index contributed by atoms with van der Waals surface area (Å²) < 4.78 is 0. The SMILES string of the molecule is CSCCC(NC(=O)C(CC(C)C)NC(=O)C(N)Cc1ccc(O)cc1)C(=O)NC(C)C(=O)O. The lowest BCUT2D eigenvalue weighted by Crippen LogP contribution is -2.57. The molecular formula is C23H36N4O6S. The molecule has 3 amide bonds. The van der Waals surface area contributed by atoms with Crippen molar-refractivity contribution in [1.82, 2.24) is 16.0 Å². The highest BCUT2D eigenvalue weighted by molar-refractivity contribution is 7.98. The highest BCUT2D eigenvalue weighted by Crippen LogP contribution is 2.12. The summed E-state index contributed by atoms with van der Waals surface area (Å²) >= 11 is 1.49. The summed E-state index contributed by atoms with van der Waals surface area (Å²) in [4.78, 5) is 49.4. The van der Waals surface area contributed by atoms with Crippen LogP contribution in [0.3, 0.4) is 0 Å². The van der Waals surface area contributed by atoms with Crippen molar-refractivity contribution >= 4 is 35.5 Å². The zero-order valence-electron chi connectivity index (χ0n) is 20.0. The average molecular weight is 497 g/mol. The molecule has 0 aliphatic carbocycles. The number of carboxylic acids is 1. The third kappa shape index (κ3) is 10.4. The van der Waals surface area contributed by atoms with Crippen molar-refractivity contribution in [2.75, 3.05) is 12.0 Å². The minimum Gasteiger partial charge on any atom is -0.508 e. The van der Waals surface area contributed by atoms with E-state index in [-0.39, 0.29) is 18.1 Å². The first-order valence-electron chi connectivity index (χ1n) is 11.1. The lowest BCUT2D eigenvalue weighted by molar-refractivity contribution is -0.141. The smallest absolute Gasteiger partial charge is 0.325 e. The number of hydrogen-bond donors (Lipinski definition) is 6. The molecule has 34 heavy (non-hydrogen) atoms. The Kier molecular flexibility index (Phi) is 12.4. The maximum Gasteiger partial charge on any atom is 0.325 e. The molecule has 4 unspecified atom stereocenters. The third-order valence-corrected chi connectivity index (χ3v) is 5.69. The first kappa shape index (κ1) is 29.2. The number of phenolic OH excluding ortho intramolecular Hbond substituents is 1. The zero-order chi connectivity index (χ0) is 25.8. The van der Waals surface area contributed by atoms with Crippen molar-refractivity contribution < 1.29 is 29.4 Å². The normalized spacial score (nSPS) is 14.5. The molecule has 0 saturated heterocycles. The lowest BCUT2D eigenvalue weighted by Gasteiger charge is -2.25. The van der Waals surface area contributed by atoms with Crippen molar-refractivity contribution in [2.24, 2.45) is 11.7 Å². The Morgan fingerprint density at radius 2 is 1.50 bits per heavy atom. The predicted octanol–water partition coefficient (Wildman–Crippen LogP) is 0.620. The van der Waals surface area contributed by atoms with Crippen LogP contribution in [0.25, 0.3) is 0 Å². The van der Waals surface area contributed by atoms with Gasteiger partial charge in [-0.25, -0.2) is 0 Å². The molecule has 190 valence electrons. The molecule has 0 radical (unpaired) electrons. The number of carbonyl (C=O) groups excluding carboxylic acids is 3. The monoisotopic (exact) mass is 496 g/mol. The standard InChI is InChI=1S/C23H36N4O6S/c1-13(2)11-19(27-20(29)17(24)12-15-5-7-16(28)8-6-15)22(31)26-18(9-10-34-4)21(30)25-14(3)23(32)33/h5-8,13-14,17-19,28H,9-12,24H2,1-4H3,(H,25,30)(H,26,31)(H,27,29)(H,32,33). The number of hydrogen-bond acceptors (Lipinski definition) is 7. The van der Waals surface area contributed by atoms with Gasteiger partial charge in [-0.05, 0) is 61.8 Å². The van der Waals surface area contributed by atoms with E-state index in [2.05, 4.69) is 16.0 Å². The molecule has 0 aliphatic rings. The maximum absolute atomic E-state index is 13.0. The summed E-state index contributed by atoms with van der Waals surface area (Å²) in [6.45, 7) is 5.13. The van der Waals surface area contributed by atoms with Crippen LogP contribution in [-0.2, 0) is 25.6 Å². The van der Waals surface area contributed by atoms with Gasteiger partial charge in [0.05, 0.1) is 6.04 Å².